The Bertz CT molecular complexity index is 711. The molecule has 1 fully saturated rings. The fourth-order valence-electron chi connectivity index (χ4n) is 3.21. The molecule has 8 heteroatoms. The maximum Gasteiger partial charge on any atom is 0.227 e. The number of nitrogens with two attached hydrogens (primary N) is 1. The van der Waals surface area contributed by atoms with E-state index >= 15 is 0 Å². The van der Waals surface area contributed by atoms with Crippen LogP contribution in [0.4, 0.5) is 0 Å². The van der Waals surface area contributed by atoms with Crippen LogP contribution in [0.15, 0.2) is 42.7 Å². The topological polar surface area (TPSA) is 73.4 Å². The fourth-order valence-corrected chi connectivity index (χ4v) is 3.21. The number of benzene rings is 1. The van der Waals surface area contributed by atoms with Crippen molar-refractivity contribution in [2.24, 2.45) is 11.7 Å². The van der Waals surface area contributed by atoms with Crippen molar-refractivity contribution in [3.63, 3.8) is 0 Å². The molecule has 0 bridgehead atoms. The van der Waals surface area contributed by atoms with E-state index in [9.17, 15) is 4.79 Å². The summed E-state index contributed by atoms with van der Waals surface area (Å²) in [7, 11) is 0. The number of morpholine rings is 1. The van der Waals surface area contributed by atoms with Gasteiger partial charge in [-0.05, 0) is 18.1 Å². The molecule has 3 atom stereocenters. The zero-order valence-corrected chi connectivity index (χ0v) is 17.3. The lowest BCUT2D eigenvalue weighted by atomic mass is 9.94. The number of hydrogen-bond donors (Lipinski definition) is 1. The molecule has 1 aliphatic rings. The number of hydrogen-bond acceptors (Lipinski definition) is 4. The van der Waals surface area contributed by atoms with Crippen LogP contribution in [0.3, 0.4) is 0 Å². The molecule has 1 saturated heterocycles. The van der Waals surface area contributed by atoms with Crippen molar-refractivity contribution in [1.82, 2.24) is 14.7 Å². The third-order valence-corrected chi connectivity index (χ3v) is 4.72. The summed E-state index contributed by atoms with van der Waals surface area (Å²) in [6.07, 6.45) is 3.77. The highest BCUT2D eigenvalue weighted by Crippen LogP contribution is 2.22. The van der Waals surface area contributed by atoms with Gasteiger partial charge in [-0.3, -0.25) is 9.48 Å². The van der Waals surface area contributed by atoms with Crippen molar-refractivity contribution in [2.45, 2.75) is 32.5 Å². The van der Waals surface area contributed by atoms with Gasteiger partial charge in [-0.1, -0.05) is 37.3 Å². The molecule has 2 heterocycles. The van der Waals surface area contributed by atoms with Crippen LogP contribution in [0.25, 0.3) is 0 Å². The Morgan fingerprint density at radius 3 is 2.67 bits per heavy atom. The maximum absolute atomic E-state index is 12.9. The number of amides is 1. The first-order valence-corrected chi connectivity index (χ1v) is 8.74. The van der Waals surface area contributed by atoms with Crippen molar-refractivity contribution >= 4 is 30.7 Å². The molecule has 6 nitrogen and oxygen atoms in total. The van der Waals surface area contributed by atoms with Crippen LogP contribution in [0.2, 0.25) is 0 Å². The second-order valence-corrected chi connectivity index (χ2v) is 6.74. The molecule has 1 aliphatic heterocycles. The lowest BCUT2D eigenvalue weighted by Gasteiger charge is -2.35. The highest BCUT2D eigenvalue weighted by Gasteiger charge is 2.30. The van der Waals surface area contributed by atoms with Crippen molar-refractivity contribution in [1.29, 1.82) is 0 Å². The molecule has 0 aliphatic carbocycles. The second kappa shape index (κ2) is 10.7. The van der Waals surface area contributed by atoms with Crippen LogP contribution in [-0.4, -0.2) is 46.4 Å². The molecule has 1 aromatic carbocycles. The van der Waals surface area contributed by atoms with Gasteiger partial charge in [0.1, 0.15) is 0 Å². The Morgan fingerprint density at radius 2 is 2.04 bits per heavy atom. The minimum Gasteiger partial charge on any atom is -0.373 e. The van der Waals surface area contributed by atoms with Gasteiger partial charge < -0.3 is 15.4 Å². The molecule has 2 N–H and O–H groups in total. The number of carbonyl (C=O) groups excluding carboxylic acids is 1. The smallest absolute Gasteiger partial charge is 0.227 e. The minimum absolute atomic E-state index is 0. The number of nitrogens with zero attached hydrogens (tertiary/aromatic N) is 3. The number of rotatable bonds is 5. The van der Waals surface area contributed by atoms with Crippen molar-refractivity contribution < 1.29 is 9.53 Å². The predicted molar refractivity (Wildman–Crippen MR) is 110 cm³/mol. The SMILES string of the molecule is Cc1cnn(CC2CN(C(=O)C(C)C(N)c3ccccc3)CCO2)c1.Cl.Cl. The minimum atomic E-state index is -0.302. The molecular weight excluding hydrogens is 387 g/mol. The van der Waals surface area contributed by atoms with Gasteiger partial charge >= 0.3 is 0 Å². The summed E-state index contributed by atoms with van der Waals surface area (Å²) in [5, 5.41) is 4.30. The molecular formula is C19H28Cl2N4O2. The summed E-state index contributed by atoms with van der Waals surface area (Å²) in [6, 6.07) is 9.48. The van der Waals surface area contributed by atoms with E-state index in [0.29, 0.717) is 26.2 Å². The van der Waals surface area contributed by atoms with E-state index < -0.39 is 0 Å². The molecule has 2 aromatic rings. The number of aromatic nitrogens is 2. The van der Waals surface area contributed by atoms with Crippen molar-refractivity contribution in [3.05, 3.63) is 53.9 Å². The van der Waals surface area contributed by atoms with Gasteiger partial charge in [-0.2, -0.15) is 5.10 Å². The van der Waals surface area contributed by atoms with Crippen LogP contribution in [0.5, 0.6) is 0 Å². The molecule has 1 aromatic heterocycles. The Labute approximate surface area is 172 Å². The number of halogens is 2. The highest BCUT2D eigenvalue weighted by atomic mass is 35.5. The lowest BCUT2D eigenvalue weighted by Crippen LogP contribution is -2.49. The average Bonchev–Trinajstić information content (AvgIpc) is 3.05. The van der Waals surface area contributed by atoms with Crippen LogP contribution in [0.1, 0.15) is 24.1 Å². The zero-order chi connectivity index (χ0) is 17.8. The summed E-state index contributed by atoms with van der Waals surface area (Å²) in [5.41, 5.74) is 8.42. The summed E-state index contributed by atoms with van der Waals surface area (Å²) < 4.78 is 7.68. The quantitative estimate of drug-likeness (QED) is 0.815. The van der Waals surface area contributed by atoms with Crippen LogP contribution in [-0.2, 0) is 16.1 Å². The molecule has 0 radical (unpaired) electrons. The van der Waals surface area contributed by atoms with Crippen LogP contribution in [0, 0.1) is 12.8 Å². The van der Waals surface area contributed by atoms with Gasteiger partial charge in [0.2, 0.25) is 5.91 Å². The monoisotopic (exact) mass is 414 g/mol. The molecule has 3 unspecified atom stereocenters. The largest absolute Gasteiger partial charge is 0.373 e. The van der Waals surface area contributed by atoms with Crippen LogP contribution < -0.4 is 5.73 Å². The second-order valence-electron chi connectivity index (χ2n) is 6.74. The Kier molecular flexibility index (Phi) is 9.26. The van der Waals surface area contributed by atoms with Crippen molar-refractivity contribution in [3.8, 4) is 0 Å². The van der Waals surface area contributed by atoms with Gasteiger partial charge in [0, 0.05) is 25.3 Å². The Balaban J connectivity index is 0.00000182. The molecule has 0 spiro atoms. The van der Waals surface area contributed by atoms with E-state index in [2.05, 4.69) is 5.10 Å². The van der Waals surface area contributed by atoms with E-state index in [1.165, 1.54) is 0 Å². The van der Waals surface area contributed by atoms with E-state index in [1.807, 2.05) is 66.2 Å². The summed E-state index contributed by atoms with van der Waals surface area (Å²) in [5.74, 6) is -0.186. The normalized spacial score (nSPS) is 18.8. The van der Waals surface area contributed by atoms with Crippen LogP contribution >= 0.6 is 24.8 Å². The zero-order valence-electron chi connectivity index (χ0n) is 15.7. The summed E-state index contributed by atoms with van der Waals surface area (Å²) in [4.78, 5) is 14.8. The summed E-state index contributed by atoms with van der Waals surface area (Å²) in [6.45, 7) is 6.29. The third-order valence-electron chi connectivity index (χ3n) is 4.72. The number of ether oxygens (including phenoxy) is 1. The van der Waals surface area contributed by atoms with E-state index in [-0.39, 0.29) is 48.8 Å². The molecule has 1 amide bonds. The first-order valence-electron chi connectivity index (χ1n) is 8.74. The van der Waals surface area contributed by atoms with Gasteiger partial charge in [0.25, 0.3) is 0 Å². The Hall–Kier alpha value is -1.60. The molecule has 27 heavy (non-hydrogen) atoms. The number of aryl methyl sites for hydroxylation is 1. The third kappa shape index (κ3) is 5.94. The standard InChI is InChI=1S/C19H26N4O2.2ClH/c1-14-10-21-23(11-14)13-17-12-22(8-9-25-17)19(24)15(2)18(20)16-6-4-3-5-7-16;;/h3-7,10-11,15,17-18H,8-9,12-13,20H2,1-2H3;2*1H. The van der Waals surface area contributed by atoms with E-state index in [1.54, 1.807) is 0 Å². The highest BCUT2D eigenvalue weighted by molar-refractivity contribution is 5.85. The first-order chi connectivity index (χ1) is 12.0. The molecule has 150 valence electrons. The summed E-state index contributed by atoms with van der Waals surface area (Å²) >= 11 is 0. The van der Waals surface area contributed by atoms with Gasteiger partial charge in [-0.15, -0.1) is 24.8 Å². The first kappa shape index (κ1) is 23.4. The molecule has 0 saturated carbocycles. The van der Waals surface area contributed by atoms with Crippen molar-refractivity contribution in [2.75, 3.05) is 19.7 Å². The molecule has 3 rings (SSSR count). The lowest BCUT2D eigenvalue weighted by molar-refractivity contribution is -0.143. The van der Waals surface area contributed by atoms with Gasteiger partial charge in [0.05, 0.1) is 31.4 Å². The maximum atomic E-state index is 12.9. The fraction of sp³-hybridized carbons (Fsp3) is 0.474. The van der Waals surface area contributed by atoms with E-state index in [4.69, 9.17) is 10.5 Å². The van der Waals surface area contributed by atoms with Gasteiger partial charge in [-0.25, -0.2) is 0 Å². The van der Waals surface area contributed by atoms with E-state index in [0.717, 1.165) is 11.1 Å². The predicted octanol–water partition coefficient (Wildman–Crippen LogP) is 2.60. The number of carbonyl (C=O) groups is 1. The van der Waals surface area contributed by atoms with Gasteiger partial charge in [0.15, 0.2) is 0 Å². The average molecular weight is 415 g/mol. The Morgan fingerprint density at radius 1 is 1.33 bits per heavy atom.